The molecule has 3 aromatic carbocycles. The molecule has 2 amide bonds. The average molecular weight is 496 g/mol. The fourth-order valence-electron chi connectivity index (χ4n) is 3.14. The van der Waals surface area contributed by atoms with Gasteiger partial charge in [-0.25, -0.2) is 4.98 Å². The molecule has 5 nitrogen and oxygen atoms in total. The minimum atomic E-state index is -0.276. The zero-order valence-corrected chi connectivity index (χ0v) is 20.5. The van der Waals surface area contributed by atoms with Crippen molar-refractivity contribution in [1.29, 1.82) is 0 Å². The minimum absolute atomic E-state index is 0.0740. The Morgan fingerprint density at radius 1 is 1.00 bits per heavy atom. The highest BCUT2D eigenvalue weighted by atomic mass is 35.5. The van der Waals surface area contributed by atoms with Crippen molar-refractivity contribution in [1.82, 2.24) is 4.98 Å². The van der Waals surface area contributed by atoms with Crippen molar-refractivity contribution in [3.8, 4) is 0 Å². The molecule has 8 heteroatoms. The van der Waals surface area contributed by atoms with Crippen LogP contribution in [0.5, 0.6) is 0 Å². The highest BCUT2D eigenvalue weighted by Crippen LogP contribution is 2.35. The third kappa shape index (κ3) is 5.93. The van der Waals surface area contributed by atoms with Gasteiger partial charge in [-0.1, -0.05) is 48.0 Å². The maximum Gasteiger partial charge on any atom is 0.255 e. The van der Waals surface area contributed by atoms with E-state index < -0.39 is 0 Å². The van der Waals surface area contributed by atoms with Crippen LogP contribution in [0.2, 0.25) is 5.02 Å². The number of carbonyl (C=O) groups excluding carboxylic acids is 2. The first-order valence-electron chi connectivity index (χ1n) is 10.4. The highest BCUT2D eigenvalue weighted by Gasteiger charge is 2.20. The fourth-order valence-corrected chi connectivity index (χ4v) is 5.54. The van der Waals surface area contributed by atoms with Gasteiger partial charge >= 0.3 is 0 Å². The lowest BCUT2D eigenvalue weighted by Crippen LogP contribution is -2.24. The van der Waals surface area contributed by atoms with Crippen molar-refractivity contribution >= 4 is 68.1 Å². The van der Waals surface area contributed by atoms with Crippen LogP contribution in [0.25, 0.3) is 10.2 Å². The van der Waals surface area contributed by atoms with Crippen LogP contribution in [0.3, 0.4) is 0 Å². The summed E-state index contributed by atoms with van der Waals surface area (Å²) in [5.41, 5.74) is 3.97. The Hall–Kier alpha value is -2.87. The molecule has 0 aliphatic heterocycles. The summed E-state index contributed by atoms with van der Waals surface area (Å²) in [7, 11) is 0. The topological polar surface area (TPSA) is 71.1 Å². The third-order valence-electron chi connectivity index (χ3n) is 4.96. The van der Waals surface area contributed by atoms with E-state index in [9.17, 15) is 9.59 Å². The number of thioether (sulfide) groups is 1. The molecule has 168 valence electrons. The van der Waals surface area contributed by atoms with Gasteiger partial charge in [-0.15, -0.1) is 11.3 Å². The number of carbonyl (C=O) groups is 2. The van der Waals surface area contributed by atoms with Crippen LogP contribution < -0.4 is 10.6 Å². The number of hydrogen-bond acceptors (Lipinski definition) is 5. The molecule has 33 heavy (non-hydrogen) atoms. The van der Waals surface area contributed by atoms with Crippen molar-refractivity contribution in [2.75, 3.05) is 10.6 Å². The summed E-state index contributed by atoms with van der Waals surface area (Å²) in [6.45, 7) is 3.96. The smallest absolute Gasteiger partial charge is 0.255 e. The molecule has 1 aromatic heterocycles. The highest BCUT2D eigenvalue weighted by molar-refractivity contribution is 8.02. The quantitative estimate of drug-likeness (QED) is 0.270. The van der Waals surface area contributed by atoms with Gasteiger partial charge in [0.05, 0.1) is 15.5 Å². The number of nitrogens with zero attached hydrogens (tertiary/aromatic N) is 1. The molecule has 4 aromatic rings. The number of thiazole rings is 1. The standard InChI is InChI=1S/C25H22ClN3O2S2/c1-3-21(24(31)27-18-10-8-17(26)9-11-18)32-25-29-20-13-12-19(14-22(20)33-25)28-23(30)16-6-4-15(2)5-7-16/h4-14,21H,3H2,1-2H3,(H,27,31)(H,28,30)/t21-/m0/s1. The van der Waals surface area contributed by atoms with Gasteiger partial charge < -0.3 is 10.6 Å². The predicted molar refractivity (Wildman–Crippen MR) is 139 cm³/mol. The summed E-state index contributed by atoms with van der Waals surface area (Å²) in [6, 6.07) is 20.1. The van der Waals surface area contributed by atoms with E-state index in [1.165, 1.54) is 23.1 Å². The molecule has 0 unspecified atom stereocenters. The molecule has 2 N–H and O–H groups in total. The normalized spacial score (nSPS) is 11.8. The molecule has 0 aliphatic carbocycles. The van der Waals surface area contributed by atoms with Crippen LogP contribution in [0.1, 0.15) is 29.3 Å². The van der Waals surface area contributed by atoms with E-state index in [4.69, 9.17) is 11.6 Å². The van der Waals surface area contributed by atoms with E-state index in [1.807, 2.05) is 56.3 Å². The second kappa shape index (κ2) is 10.4. The van der Waals surface area contributed by atoms with Gasteiger partial charge in [-0.05, 0) is 67.9 Å². The van der Waals surface area contributed by atoms with Crippen molar-refractivity contribution in [3.05, 3.63) is 82.9 Å². The van der Waals surface area contributed by atoms with Gasteiger partial charge in [0.2, 0.25) is 5.91 Å². The second-order valence-electron chi connectivity index (χ2n) is 7.49. The molecule has 0 fully saturated rings. The Labute approximate surface area is 205 Å². The summed E-state index contributed by atoms with van der Waals surface area (Å²) in [4.78, 5) is 29.9. The first-order valence-corrected chi connectivity index (χ1v) is 12.5. The van der Waals surface area contributed by atoms with Crippen molar-refractivity contribution in [2.45, 2.75) is 29.9 Å². The lowest BCUT2D eigenvalue weighted by atomic mass is 10.1. The number of halogens is 1. The van der Waals surface area contributed by atoms with Gasteiger partial charge in [-0.2, -0.15) is 0 Å². The number of amides is 2. The SMILES string of the molecule is CC[C@H](Sc1nc2ccc(NC(=O)c3ccc(C)cc3)cc2s1)C(=O)Nc1ccc(Cl)cc1. The number of aryl methyl sites for hydroxylation is 1. The zero-order valence-electron chi connectivity index (χ0n) is 18.1. The van der Waals surface area contributed by atoms with Crippen molar-refractivity contribution in [2.24, 2.45) is 0 Å². The molecule has 0 bridgehead atoms. The third-order valence-corrected chi connectivity index (χ3v) is 7.69. The minimum Gasteiger partial charge on any atom is -0.325 e. The van der Waals surface area contributed by atoms with Crippen molar-refractivity contribution < 1.29 is 9.59 Å². The molecule has 0 saturated heterocycles. The number of aromatic nitrogens is 1. The van der Waals surface area contributed by atoms with Crippen LogP contribution in [0, 0.1) is 6.92 Å². The predicted octanol–water partition coefficient (Wildman–Crippen LogP) is 7.02. The Morgan fingerprint density at radius 2 is 1.70 bits per heavy atom. The van der Waals surface area contributed by atoms with E-state index in [0.717, 1.165) is 20.1 Å². The molecule has 1 heterocycles. The van der Waals surface area contributed by atoms with Crippen LogP contribution in [-0.4, -0.2) is 22.0 Å². The number of fused-ring (bicyclic) bond motifs is 1. The lowest BCUT2D eigenvalue weighted by Gasteiger charge is -2.13. The molecule has 0 aliphatic rings. The largest absolute Gasteiger partial charge is 0.325 e. The van der Waals surface area contributed by atoms with E-state index in [2.05, 4.69) is 15.6 Å². The summed E-state index contributed by atoms with van der Waals surface area (Å²) in [5, 5.41) is 6.22. The number of rotatable bonds is 7. The number of hydrogen-bond donors (Lipinski definition) is 2. The van der Waals surface area contributed by atoms with Gasteiger partial charge in [0.15, 0.2) is 4.34 Å². The van der Waals surface area contributed by atoms with E-state index in [1.54, 1.807) is 24.3 Å². The summed E-state index contributed by atoms with van der Waals surface area (Å²) in [5.74, 6) is -0.228. The number of benzene rings is 3. The van der Waals surface area contributed by atoms with E-state index >= 15 is 0 Å². The molecule has 1 atom stereocenters. The first-order chi connectivity index (χ1) is 15.9. The first kappa shape index (κ1) is 23.3. The Balaban J connectivity index is 1.44. The average Bonchev–Trinajstić information content (AvgIpc) is 3.21. The van der Waals surface area contributed by atoms with Gasteiger partial charge in [-0.3, -0.25) is 9.59 Å². The Bertz CT molecular complexity index is 1290. The molecule has 0 saturated carbocycles. The van der Waals surface area contributed by atoms with Crippen LogP contribution >= 0.6 is 34.7 Å². The maximum absolute atomic E-state index is 12.7. The zero-order chi connectivity index (χ0) is 23.4. The van der Waals surface area contributed by atoms with Crippen LogP contribution in [0.4, 0.5) is 11.4 Å². The van der Waals surface area contributed by atoms with Gasteiger partial charge in [0, 0.05) is 22.0 Å². The Morgan fingerprint density at radius 3 is 2.39 bits per heavy atom. The van der Waals surface area contributed by atoms with Crippen LogP contribution in [-0.2, 0) is 4.79 Å². The summed E-state index contributed by atoms with van der Waals surface area (Å²) in [6.07, 6.45) is 0.665. The van der Waals surface area contributed by atoms with E-state index in [-0.39, 0.29) is 17.1 Å². The second-order valence-corrected chi connectivity index (χ2v) is 10.4. The van der Waals surface area contributed by atoms with E-state index in [0.29, 0.717) is 28.4 Å². The molecular formula is C25H22ClN3O2S2. The molecule has 4 rings (SSSR count). The molecular weight excluding hydrogens is 474 g/mol. The van der Waals surface area contributed by atoms with Crippen molar-refractivity contribution in [3.63, 3.8) is 0 Å². The number of nitrogens with one attached hydrogen (secondary N) is 2. The molecule has 0 radical (unpaired) electrons. The number of anilines is 2. The molecule has 0 spiro atoms. The summed E-state index contributed by atoms with van der Waals surface area (Å²) < 4.78 is 1.76. The van der Waals surface area contributed by atoms with Gasteiger partial charge in [0.25, 0.3) is 5.91 Å². The lowest BCUT2D eigenvalue weighted by molar-refractivity contribution is -0.115. The fraction of sp³-hybridized carbons (Fsp3) is 0.160. The maximum atomic E-state index is 12.7. The van der Waals surface area contributed by atoms with Crippen LogP contribution in [0.15, 0.2) is 71.1 Å². The summed E-state index contributed by atoms with van der Waals surface area (Å²) >= 11 is 8.87. The van der Waals surface area contributed by atoms with Gasteiger partial charge in [0.1, 0.15) is 0 Å². The monoisotopic (exact) mass is 495 g/mol. The Kier molecular flexibility index (Phi) is 7.33.